The summed E-state index contributed by atoms with van der Waals surface area (Å²) in [6.07, 6.45) is -2.62. The summed E-state index contributed by atoms with van der Waals surface area (Å²) < 4.78 is 71.6. The van der Waals surface area contributed by atoms with Crippen molar-refractivity contribution in [2.24, 2.45) is 0 Å². The van der Waals surface area contributed by atoms with E-state index in [1.807, 2.05) is 0 Å². The van der Waals surface area contributed by atoms with Crippen LogP contribution in [0.1, 0.15) is 10.4 Å². The monoisotopic (exact) mass is 362 g/mol. The van der Waals surface area contributed by atoms with Crippen LogP contribution in [0.3, 0.4) is 0 Å². The molecule has 0 fully saturated rings. The first-order valence-electron chi connectivity index (χ1n) is 5.14. The molecule has 0 unspecified atom stereocenters. The Kier molecular flexibility index (Phi) is 4.96. The topological polar surface area (TPSA) is 106 Å². The number of carboxylic acids is 1. The fourth-order valence-corrected chi connectivity index (χ4v) is 5.03. The van der Waals surface area contributed by atoms with Crippen molar-refractivity contribution >= 4 is 37.2 Å². The second kappa shape index (κ2) is 5.85. The molecule has 0 aliphatic carbocycles. The third kappa shape index (κ3) is 3.89. The Bertz CT molecular complexity index is 786. The van der Waals surface area contributed by atoms with E-state index in [0.717, 1.165) is 6.07 Å². The molecular formula is C10H9ClF2O6S2. The van der Waals surface area contributed by atoms with Crippen LogP contribution < -0.4 is 0 Å². The average molecular weight is 363 g/mol. The predicted molar refractivity (Wildman–Crippen MR) is 69.6 cm³/mol. The maximum absolute atomic E-state index is 12.3. The number of carbonyl (C=O) groups is 1. The van der Waals surface area contributed by atoms with E-state index >= 15 is 0 Å². The van der Waals surface area contributed by atoms with Gasteiger partial charge in [-0.05, 0) is 12.1 Å². The van der Waals surface area contributed by atoms with Crippen molar-refractivity contribution in [2.45, 2.75) is 16.2 Å². The van der Waals surface area contributed by atoms with E-state index in [4.69, 9.17) is 16.7 Å². The van der Waals surface area contributed by atoms with Crippen LogP contribution >= 0.6 is 11.6 Å². The van der Waals surface area contributed by atoms with Gasteiger partial charge in [0.15, 0.2) is 19.7 Å². The molecule has 0 atom stereocenters. The number of sulfone groups is 2. The number of carboxylic acid groups (broad SMARTS) is 1. The van der Waals surface area contributed by atoms with Crippen LogP contribution in [0.4, 0.5) is 8.78 Å². The van der Waals surface area contributed by atoms with Crippen LogP contribution in [0.25, 0.3) is 0 Å². The molecule has 1 N–H and O–H groups in total. The molecule has 11 heteroatoms. The van der Waals surface area contributed by atoms with Gasteiger partial charge in [-0.3, -0.25) is 0 Å². The van der Waals surface area contributed by atoms with Crippen LogP contribution in [-0.2, 0) is 19.7 Å². The summed E-state index contributed by atoms with van der Waals surface area (Å²) in [5.74, 6) is -3.29. The molecule has 0 saturated carbocycles. The molecule has 1 aromatic carbocycles. The first kappa shape index (κ1) is 17.8. The first-order chi connectivity index (χ1) is 9.38. The highest BCUT2D eigenvalue weighted by atomic mass is 35.5. The van der Waals surface area contributed by atoms with Crippen LogP contribution in [-0.4, -0.2) is 46.3 Å². The van der Waals surface area contributed by atoms with Gasteiger partial charge in [-0.15, -0.1) is 0 Å². The molecule has 0 amide bonds. The molecule has 21 heavy (non-hydrogen) atoms. The van der Waals surface area contributed by atoms with Gasteiger partial charge in [0.1, 0.15) is 10.6 Å². The molecule has 1 rings (SSSR count). The van der Waals surface area contributed by atoms with Gasteiger partial charge in [0.25, 0.3) is 6.43 Å². The van der Waals surface area contributed by atoms with Crippen LogP contribution in [0.5, 0.6) is 0 Å². The maximum Gasteiger partial charge on any atom is 0.337 e. The summed E-state index contributed by atoms with van der Waals surface area (Å²) in [5, 5.41) is 7.94. The zero-order chi connectivity index (χ0) is 16.6. The second-order valence-corrected chi connectivity index (χ2v) is 8.34. The van der Waals surface area contributed by atoms with Crippen molar-refractivity contribution in [3.05, 3.63) is 22.7 Å². The number of halogens is 3. The molecule has 1 aromatic rings. The summed E-state index contributed by atoms with van der Waals surface area (Å²) in [5.41, 5.74) is -0.697. The van der Waals surface area contributed by atoms with Crippen molar-refractivity contribution < 1.29 is 35.5 Å². The Morgan fingerprint density at radius 2 is 1.81 bits per heavy atom. The summed E-state index contributed by atoms with van der Waals surface area (Å²) in [4.78, 5) is 8.97. The van der Waals surface area contributed by atoms with Gasteiger partial charge in [0.05, 0.1) is 15.5 Å². The minimum atomic E-state index is -4.78. The van der Waals surface area contributed by atoms with E-state index in [0.29, 0.717) is 12.3 Å². The number of alkyl halides is 2. The van der Waals surface area contributed by atoms with E-state index in [1.165, 1.54) is 0 Å². The first-order valence-corrected chi connectivity index (χ1v) is 9.07. The van der Waals surface area contributed by atoms with Crippen molar-refractivity contribution in [2.75, 3.05) is 12.0 Å². The van der Waals surface area contributed by atoms with Gasteiger partial charge in [-0.1, -0.05) is 11.6 Å². The fraction of sp³-hybridized carbons (Fsp3) is 0.300. The van der Waals surface area contributed by atoms with Crippen molar-refractivity contribution in [1.29, 1.82) is 0 Å². The summed E-state index contributed by atoms with van der Waals surface area (Å²) in [6, 6.07) is 1.51. The summed E-state index contributed by atoms with van der Waals surface area (Å²) in [6.45, 7) is 0. The molecule has 0 aliphatic heterocycles. The molecule has 0 aliphatic rings. The molecule has 6 nitrogen and oxygen atoms in total. The number of hydrogen-bond donors (Lipinski definition) is 1. The molecule has 0 heterocycles. The maximum atomic E-state index is 12.3. The summed E-state index contributed by atoms with van der Waals surface area (Å²) >= 11 is 5.61. The highest BCUT2D eigenvalue weighted by Crippen LogP contribution is 2.33. The van der Waals surface area contributed by atoms with Crippen LogP contribution in [0.2, 0.25) is 5.02 Å². The average Bonchev–Trinajstić information content (AvgIpc) is 2.24. The number of rotatable bonds is 5. The van der Waals surface area contributed by atoms with Gasteiger partial charge in [-0.25, -0.2) is 30.4 Å². The third-order valence-corrected chi connectivity index (χ3v) is 5.86. The van der Waals surface area contributed by atoms with Crippen molar-refractivity contribution in [3.63, 3.8) is 0 Å². The second-order valence-electron chi connectivity index (χ2n) is 4.00. The van der Waals surface area contributed by atoms with Gasteiger partial charge in [0, 0.05) is 6.26 Å². The predicted octanol–water partition coefficient (Wildman–Crippen LogP) is 1.48. The lowest BCUT2D eigenvalue weighted by Crippen LogP contribution is -2.18. The Hall–Kier alpha value is -1.26. The van der Waals surface area contributed by atoms with Gasteiger partial charge >= 0.3 is 5.97 Å². The highest BCUT2D eigenvalue weighted by Gasteiger charge is 2.32. The van der Waals surface area contributed by atoms with E-state index in [1.54, 1.807) is 0 Å². The molecule has 118 valence electrons. The third-order valence-electron chi connectivity index (χ3n) is 2.35. The van der Waals surface area contributed by atoms with E-state index < -0.39 is 58.2 Å². The zero-order valence-corrected chi connectivity index (χ0v) is 12.8. The smallest absolute Gasteiger partial charge is 0.337 e. The molecule has 0 aromatic heterocycles. The lowest BCUT2D eigenvalue weighted by molar-refractivity contribution is 0.0696. The lowest BCUT2D eigenvalue weighted by atomic mass is 10.2. The van der Waals surface area contributed by atoms with Crippen LogP contribution in [0.15, 0.2) is 21.9 Å². The van der Waals surface area contributed by atoms with E-state index in [9.17, 15) is 30.4 Å². The van der Waals surface area contributed by atoms with Gasteiger partial charge < -0.3 is 5.11 Å². The SMILES string of the molecule is CS(=O)(=O)c1ccc(C(=O)O)c(Cl)c1S(=O)(=O)CC(F)F. The Morgan fingerprint density at radius 3 is 2.19 bits per heavy atom. The molecule has 0 bridgehead atoms. The number of aromatic carboxylic acids is 1. The Morgan fingerprint density at radius 1 is 1.29 bits per heavy atom. The van der Waals surface area contributed by atoms with Crippen molar-refractivity contribution in [3.8, 4) is 0 Å². The largest absolute Gasteiger partial charge is 0.478 e. The number of hydrogen-bond acceptors (Lipinski definition) is 5. The van der Waals surface area contributed by atoms with Gasteiger partial charge in [0.2, 0.25) is 0 Å². The molecule has 0 spiro atoms. The quantitative estimate of drug-likeness (QED) is 0.850. The lowest BCUT2D eigenvalue weighted by Gasteiger charge is -2.12. The highest BCUT2D eigenvalue weighted by molar-refractivity contribution is 7.94. The molecule has 0 saturated heterocycles. The minimum Gasteiger partial charge on any atom is -0.478 e. The Labute approximate surface area is 124 Å². The normalized spacial score (nSPS) is 12.6. The number of benzene rings is 1. The van der Waals surface area contributed by atoms with Crippen LogP contribution in [0, 0.1) is 0 Å². The minimum absolute atomic E-state index is 0.653. The zero-order valence-electron chi connectivity index (χ0n) is 10.4. The standard InChI is InChI=1S/C10H9ClF2O6S2/c1-20(16,17)6-3-2-5(10(14)15)8(11)9(6)21(18,19)4-7(12)13/h2-3,7H,4H2,1H3,(H,14,15). The molecule has 0 radical (unpaired) electrons. The fourth-order valence-electron chi connectivity index (χ4n) is 1.53. The van der Waals surface area contributed by atoms with Crippen molar-refractivity contribution in [1.82, 2.24) is 0 Å². The van der Waals surface area contributed by atoms with E-state index in [2.05, 4.69) is 0 Å². The van der Waals surface area contributed by atoms with Gasteiger partial charge in [-0.2, -0.15) is 0 Å². The summed E-state index contributed by atoms with van der Waals surface area (Å²) in [7, 11) is -8.90. The molecular weight excluding hydrogens is 354 g/mol. The Balaban J connectivity index is 3.83. The van der Waals surface area contributed by atoms with E-state index in [-0.39, 0.29) is 0 Å².